The van der Waals surface area contributed by atoms with Crippen molar-refractivity contribution in [3.05, 3.63) is 21.7 Å². The number of hydrogen-bond donors (Lipinski definition) is 0. The molecule has 1 aliphatic carbocycles. The lowest BCUT2D eigenvalue weighted by atomic mass is 10.0. The van der Waals surface area contributed by atoms with Gasteiger partial charge in [-0.15, -0.1) is 11.8 Å². The minimum absolute atomic E-state index is 0.339. The Morgan fingerprint density at radius 1 is 1.00 bits per heavy atom. The lowest BCUT2D eigenvalue weighted by Gasteiger charge is -2.21. The van der Waals surface area contributed by atoms with Crippen LogP contribution in [0.5, 0.6) is 0 Å². The highest BCUT2D eigenvalue weighted by atomic mass is 35.5. The number of hydrogen-bond acceptors (Lipinski definition) is 4. The number of nitrogens with zero attached hydrogens (tertiary/aromatic N) is 2. The van der Waals surface area contributed by atoms with Crippen LogP contribution in [0.2, 0.25) is 10.3 Å². The van der Waals surface area contributed by atoms with Gasteiger partial charge in [0.2, 0.25) is 0 Å². The van der Waals surface area contributed by atoms with Gasteiger partial charge in [-0.1, -0.05) is 36.0 Å². The average molecular weight is 335 g/mol. The predicted molar refractivity (Wildman–Crippen MR) is 85.8 cm³/mol. The fourth-order valence-corrected chi connectivity index (χ4v) is 6.07. The zero-order valence-electron chi connectivity index (χ0n) is 10.6. The second kappa shape index (κ2) is 6.42. The lowest BCUT2D eigenvalue weighted by molar-refractivity contribution is 0.709. The summed E-state index contributed by atoms with van der Waals surface area (Å²) in [4.78, 5) is 9.08. The Morgan fingerprint density at radius 2 is 1.68 bits per heavy atom. The van der Waals surface area contributed by atoms with E-state index in [-0.39, 0.29) is 0 Å². The SMILES string of the molecule is Clc1nc(C2CSCCS2)nc(Cl)c1C1CCCC1. The molecule has 1 saturated heterocycles. The van der Waals surface area contributed by atoms with Crippen LogP contribution in [-0.4, -0.2) is 27.2 Å². The standard InChI is InChI=1S/C13H16Cl2N2S2/c14-11-10(8-3-1-2-4-8)12(15)17-13(16-11)9-7-18-5-6-19-9/h8-9H,1-7H2. The van der Waals surface area contributed by atoms with Crippen molar-refractivity contribution < 1.29 is 0 Å². The molecule has 1 unspecified atom stereocenters. The summed E-state index contributed by atoms with van der Waals surface area (Å²) >= 11 is 16.6. The van der Waals surface area contributed by atoms with Crippen LogP contribution in [0.4, 0.5) is 0 Å². The van der Waals surface area contributed by atoms with Crippen molar-refractivity contribution in [1.82, 2.24) is 9.97 Å². The second-order valence-corrected chi connectivity index (χ2v) is 8.17. The third kappa shape index (κ3) is 3.17. The van der Waals surface area contributed by atoms with Crippen molar-refractivity contribution in [3.63, 3.8) is 0 Å². The van der Waals surface area contributed by atoms with Gasteiger partial charge in [0.25, 0.3) is 0 Å². The summed E-state index contributed by atoms with van der Waals surface area (Å²) in [5.41, 5.74) is 0.984. The topological polar surface area (TPSA) is 25.8 Å². The molecule has 1 saturated carbocycles. The van der Waals surface area contributed by atoms with E-state index in [4.69, 9.17) is 23.2 Å². The molecule has 3 rings (SSSR count). The van der Waals surface area contributed by atoms with Crippen molar-refractivity contribution in [2.75, 3.05) is 17.3 Å². The highest BCUT2D eigenvalue weighted by Crippen LogP contribution is 2.42. The fourth-order valence-electron chi connectivity index (χ4n) is 2.76. The summed E-state index contributed by atoms with van der Waals surface area (Å²) in [6.45, 7) is 0. The first-order valence-electron chi connectivity index (χ1n) is 6.68. The molecule has 104 valence electrons. The van der Waals surface area contributed by atoms with Crippen LogP contribution in [0.15, 0.2) is 0 Å². The van der Waals surface area contributed by atoms with Crippen LogP contribution in [0, 0.1) is 0 Å². The van der Waals surface area contributed by atoms with Gasteiger partial charge in [0.05, 0.1) is 5.25 Å². The number of halogens is 2. The predicted octanol–water partition coefficient (Wildman–Crippen LogP) is 4.96. The maximum Gasteiger partial charge on any atom is 0.145 e. The number of aromatic nitrogens is 2. The summed E-state index contributed by atoms with van der Waals surface area (Å²) in [5, 5.41) is 1.50. The zero-order valence-corrected chi connectivity index (χ0v) is 13.7. The van der Waals surface area contributed by atoms with Gasteiger partial charge < -0.3 is 0 Å². The number of rotatable bonds is 2. The van der Waals surface area contributed by atoms with Crippen LogP contribution >= 0.6 is 46.7 Å². The van der Waals surface area contributed by atoms with Crippen LogP contribution < -0.4 is 0 Å². The molecule has 2 nitrogen and oxygen atoms in total. The summed E-state index contributed by atoms with van der Waals surface area (Å²) in [5.74, 6) is 4.69. The molecule has 1 aliphatic heterocycles. The molecule has 1 aromatic heterocycles. The van der Waals surface area contributed by atoms with Crippen molar-refractivity contribution in [2.45, 2.75) is 36.9 Å². The van der Waals surface area contributed by atoms with Crippen LogP contribution in [0.3, 0.4) is 0 Å². The smallest absolute Gasteiger partial charge is 0.145 e. The second-order valence-electron chi connectivity index (χ2n) is 4.99. The molecule has 0 bridgehead atoms. The lowest BCUT2D eigenvalue weighted by Crippen LogP contribution is -2.12. The maximum absolute atomic E-state index is 6.38. The van der Waals surface area contributed by atoms with Crippen molar-refractivity contribution in [3.8, 4) is 0 Å². The minimum atomic E-state index is 0.339. The van der Waals surface area contributed by atoms with E-state index in [1.54, 1.807) is 0 Å². The molecule has 0 spiro atoms. The van der Waals surface area contributed by atoms with Crippen LogP contribution in [-0.2, 0) is 0 Å². The van der Waals surface area contributed by atoms with Crippen molar-refractivity contribution in [1.29, 1.82) is 0 Å². The summed E-state index contributed by atoms with van der Waals surface area (Å²) in [7, 11) is 0. The number of thioether (sulfide) groups is 2. The summed E-state index contributed by atoms with van der Waals surface area (Å²) in [6, 6.07) is 0. The molecule has 0 aromatic carbocycles. The minimum Gasteiger partial charge on any atom is -0.220 e. The van der Waals surface area contributed by atoms with Gasteiger partial charge >= 0.3 is 0 Å². The molecule has 2 heterocycles. The molecule has 0 amide bonds. The maximum atomic E-state index is 6.38. The van der Waals surface area contributed by atoms with Crippen LogP contribution in [0.1, 0.15) is 48.2 Å². The molecular formula is C13H16Cl2N2S2. The quantitative estimate of drug-likeness (QED) is 0.713. The van der Waals surface area contributed by atoms with Gasteiger partial charge in [-0.3, -0.25) is 0 Å². The summed E-state index contributed by atoms with van der Waals surface area (Å²) in [6.07, 6.45) is 4.84. The molecule has 0 radical (unpaired) electrons. The molecule has 19 heavy (non-hydrogen) atoms. The molecule has 2 fully saturated rings. The van der Waals surface area contributed by atoms with Gasteiger partial charge in [-0.05, 0) is 18.8 Å². The van der Waals surface area contributed by atoms with E-state index >= 15 is 0 Å². The highest BCUT2D eigenvalue weighted by molar-refractivity contribution is 8.06. The van der Waals surface area contributed by atoms with Gasteiger partial charge in [0, 0.05) is 22.8 Å². The summed E-state index contributed by atoms with van der Waals surface area (Å²) < 4.78 is 0. The third-order valence-corrected chi connectivity index (χ3v) is 7.06. The van der Waals surface area contributed by atoms with E-state index in [2.05, 4.69) is 9.97 Å². The monoisotopic (exact) mass is 334 g/mol. The molecule has 0 N–H and O–H groups in total. The van der Waals surface area contributed by atoms with E-state index in [9.17, 15) is 0 Å². The van der Waals surface area contributed by atoms with Crippen LogP contribution in [0.25, 0.3) is 0 Å². The molecule has 2 aliphatic rings. The Bertz CT molecular complexity index is 435. The largest absolute Gasteiger partial charge is 0.220 e. The van der Waals surface area contributed by atoms with E-state index in [0.717, 1.165) is 35.7 Å². The van der Waals surface area contributed by atoms with E-state index in [1.165, 1.54) is 18.6 Å². The first-order chi connectivity index (χ1) is 9.25. The average Bonchev–Trinajstić information content (AvgIpc) is 2.93. The first kappa shape index (κ1) is 14.3. The van der Waals surface area contributed by atoms with Gasteiger partial charge in [-0.25, -0.2) is 9.97 Å². The molecule has 6 heteroatoms. The van der Waals surface area contributed by atoms with Crippen molar-refractivity contribution in [2.24, 2.45) is 0 Å². The fraction of sp³-hybridized carbons (Fsp3) is 0.692. The molecular weight excluding hydrogens is 319 g/mol. The molecule has 1 atom stereocenters. The van der Waals surface area contributed by atoms with Gasteiger partial charge in [-0.2, -0.15) is 11.8 Å². The van der Waals surface area contributed by atoms with Gasteiger partial charge in [0.1, 0.15) is 16.1 Å². The molecule has 1 aromatic rings. The Hall–Kier alpha value is 0.360. The Morgan fingerprint density at radius 3 is 2.26 bits per heavy atom. The van der Waals surface area contributed by atoms with E-state index in [0.29, 0.717) is 21.5 Å². The van der Waals surface area contributed by atoms with E-state index in [1.807, 2.05) is 23.5 Å². The normalized spacial score (nSPS) is 24.8. The Balaban J connectivity index is 1.88. The Kier molecular flexibility index (Phi) is 4.83. The third-order valence-electron chi connectivity index (χ3n) is 3.74. The highest BCUT2D eigenvalue weighted by Gasteiger charge is 2.27. The Labute approximate surface area is 132 Å². The van der Waals surface area contributed by atoms with Gasteiger partial charge in [0.15, 0.2) is 0 Å². The van der Waals surface area contributed by atoms with E-state index < -0.39 is 0 Å². The first-order valence-corrected chi connectivity index (χ1v) is 9.64. The zero-order chi connectivity index (χ0) is 13.2. The van der Waals surface area contributed by atoms with Crippen molar-refractivity contribution >= 4 is 46.7 Å².